The fourth-order valence-corrected chi connectivity index (χ4v) is 2.86. The van der Waals surface area contributed by atoms with Gasteiger partial charge in [-0.25, -0.2) is 4.79 Å². The zero-order valence-electron chi connectivity index (χ0n) is 14.2. The minimum atomic E-state index is -2.92. The van der Waals surface area contributed by atoms with Gasteiger partial charge in [0.05, 0.1) is 18.7 Å². The number of carbonyl (C=O) groups excluding carboxylic acids is 1. The highest BCUT2D eigenvalue weighted by Gasteiger charge is 2.26. The smallest absolute Gasteiger partial charge is 0.387 e. The van der Waals surface area contributed by atoms with Gasteiger partial charge in [-0.3, -0.25) is 4.79 Å². The van der Waals surface area contributed by atoms with Gasteiger partial charge in [0.15, 0.2) is 0 Å². The number of carboxylic acid groups (broad SMARTS) is 1. The van der Waals surface area contributed by atoms with Crippen molar-refractivity contribution in [2.24, 2.45) is 0 Å². The SMILES string of the molecule is O=C(O)c1ccc(C(=O)N2CCOC(c3cccc(OC(F)F)c3)C2)cc1. The van der Waals surface area contributed by atoms with E-state index in [1.165, 1.54) is 36.4 Å². The van der Waals surface area contributed by atoms with Crippen LogP contribution in [0.25, 0.3) is 0 Å². The van der Waals surface area contributed by atoms with E-state index in [1.807, 2.05) is 0 Å². The molecule has 1 fully saturated rings. The Balaban J connectivity index is 1.72. The van der Waals surface area contributed by atoms with Crippen LogP contribution in [0.4, 0.5) is 8.78 Å². The van der Waals surface area contributed by atoms with Gasteiger partial charge in [-0.15, -0.1) is 0 Å². The van der Waals surface area contributed by atoms with Crippen molar-refractivity contribution in [3.8, 4) is 5.75 Å². The molecule has 0 spiro atoms. The molecule has 142 valence electrons. The molecule has 2 aromatic rings. The van der Waals surface area contributed by atoms with E-state index < -0.39 is 18.7 Å². The van der Waals surface area contributed by atoms with Gasteiger partial charge in [0.25, 0.3) is 5.91 Å². The highest BCUT2D eigenvalue weighted by molar-refractivity contribution is 5.96. The van der Waals surface area contributed by atoms with Crippen molar-refractivity contribution in [2.45, 2.75) is 12.7 Å². The summed E-state index contributed by atoms with van der Waals surface area (Å²) in [5, 5.41) is 8.93. The number of carbonyl (C=O) groups is 2. The van der Waals surface area contributed by atoms with Crippen molar-refractivity contribution in [3.63, 3.8) is 0 Å². The van der Waals surface area contributed by atoms with Crippen LogP contribution >= 0.6 is 0 Å². The normalized spacial score (nSPS) is 17.0. The number of rotatable bonds is 5. The van der Waals surface area contributed by atoms with Crippen LogP contribution in [0.2, 0.25) is 0 Å². The summed E-state index contributed by atoms with van der Waals surface area (Å²) < 4.78 is 34.8. The molecule has 1 aliphatic heterocycles. The third-order valence-electron chi connectivity index (χ3n) is 4.19. The largest absolute Gasteiger partial charge is 0.478 e. The van der Waals surface area contributed by atoms with Crippen molar-refractivity contribution in [2.75, 3.05) is 19.7 Å². The number of alkyl halides is 2. The van der Waals surface area contributed by atoms with E-state index in [2.05, 4.69) is 4.74 Å². The predicted octanol–water partition coefficient (Wildman–Crippen LogP) is 3.20. The first-order valence-electron chi connectivity index (χ1n) is 8.23. The first-order valence-corrected chi connectivity index (χ1v) is 8.23. The van der Waals surface area contributed by atoms with Gasteiger partial charge in [-0.05, 0) is 42.0 Å². The number of benzene rings is 2. The van der Waals surface area contributed by atoms with Crippen molar-refractivity contribution in [1.29, 1.82) is 0 Å². The number of nitrogens with zero attached hydrogens (tertiary/aromatic N) is 1. The monoisotopic (exact) mass is 377 g/mol. The van der Waals surface area contributed by atoms with Gasteiger partial charge in [-0.1, -0.05) is 12.1 Å². The Kier molecular flexibility index (Phi) is 5.66. The maximum Gasteiger partial charge on any atom is 0.387 e. The van der Waals surface area contributed by atoms with Crippen LogP contribution in [0.1, 0.15) is 32.4 Å². The van der Waals surface area contributed by atoms with E-state index >= 15 is 0 Å². The number of amides is 1. The second-order valence-corrected chi connectivity index (χ2v) is 5.94. The molecule has 1 heterocycles. The summed E-state index contributed by atoms with van der Waals surface area (Å²) >= 11 is 0. The lowest BCUT2D eigenvalue weighted by molar-refractivity contribution is -0.0504. The maximum atomic E-state index is 12.7. The van der Waals surface area contributed by atoms with Crippen LogP contribution in [0.3, 0.4) is 0 Å². The molecule has 6 nitrogen and oxygen atoms in total. The third kappa shape index (κ3) is 4.59. The molecule has 1 atom stereocenters. The zero-order valence-corrected chi connectivity index (χ0v) is 14.2. The predicted molar refractivity (Wildman–Crippen MR) is 91.1 cm³/mol. The average Bonchev–Trinajstić information content (AvgIpc) is 2.67. The lowest BCUT2D eigenvalue weighted by atomic mass is 10.1. The highest BCUT2D eigenvalue weighted by atomic mass is 19.3. The molecule has 0 saturated carbocycles. The molecule has 1 saturated heterocycles. The number of hydrogen-bond acceptors (Lipinski definition) is 4. The van der Waals surface area contributed by atoms with Crippen LogP contribution in [-0.4, -0.2) is 48.2 Å². The summed E-state index contributed by atoms with van der Waals surface area (Å²) in [6.45, 7) is -2.00. The minimum absolute atomic E-state index is 0.0267. The lowest BCUT2D eigenvalue weighted by Crippen LogP contribution is -2.42. The Morgan fingerprint density at radius 1 is 1.15 bits per heavy atom. The average molecular weight is 377 g/mol. The summed E-state index contributed by atoms with van der Waals surface area (Å²) in [5.41, 5.74) is 1.10. The third-order valence-corrected chi connectivity index (χ3v) is 4.19. The molecule has 0 radical (unpaired) electrons. The minimum Gasteiger partial charge on any atom is -0.478 e. The number of halogens is 2. The van der Waals surface area contributed by atoms with Gasteiger partial charge < -0.3 is 19.5 Å². The van der Waals surface area contributed by atoms with Crippen molar-refractivity contribution < 1.29 is 33.0 Å². The van der Waals surface area contributed by atoms with Gasteiger partial charge in [0.1, 0.15) is 11.9 Å². The summed E-state index contributed by atoms with van der Waals surface area (Å²) in [5.74, 6) is -1.29. The molecular weight excluding hydrogens is 360 g/mol. The first-order chi connectivity index (χ1) is 12.9. The molecule has 0 aliphatic carbocycles. The van der Waals surface area contributed by atoms with Crippen LogP contribution in [0.5, 0.6) is 5.75 Å². The molecular formula is C19H17F2NO5. The van der Waals surface area contributed by atoms with Gasteiger partial charge in [0.2, 0.25) is 0 Å². The van der Waals surface area contributed by atoms with Crippen molar-refractivity contribution in [3.05, 3.63) is 65.2 Å². The van der Waals surface area contributed by atoms with E-state index in [1.54, 1.807) is 17.0 Å². The maximum absolute atomic E-state index is 12.7. The standard InChI is InChI=1S/C19H17F2NO5/c20-19(21)27-15-3-1-2-14(10-15)16-11-22(8-9-26-16)17(23)12-4-6-13(7-5-12)18(24)25/h1-7,10,16,19H,8-9,11H2,(H,24,25). The molecule has 27 heavy (non-hydrogen) atoms. The van der Waals surface area contributed by atoms with Gasteiger partial charge in [0, 0.05) is 12.1 Å². The quantitative estimate of drug-likeness (QED) is 0.866. The number of carboxylic acids is 1. The molecule has 1 amide bonds. The van der Waals surface area contributed by atoms with Crippen molar-refractivity contribution in [1.82, 2.24) is 4.90 Å². The number of aromatic carboxylic acids is 1. The highest BCUT2D eigenvalue weighted by Crippen LogP contribution is 2.27. The molecule has 0 aromatic heterocycles. The Bertz CT molecular complexity index is 825. The Morgan fingerprint density at radius 3 is 2.52 bits per heavy atom. The molecule has 2 aromatic carbocycles. The molecule has 1 N–H and O–H groups in total. The molecule has 1 aliphatic rings. The van der Waals surface area contributed by atoms with E-state index in [-0.39, 0.29) is 23.8 Å². The summed E-state index contributed by atoms with van der Waals surface area (Å²) in [7, 11) is 0. The Labute approximate surface area is 153 Å². The fourth-order valence-electron chi connectivity index (χ4n) is 2.86. The molecule has 8 heteroatoms. The van der Waals surface area contributed by atoms with E-state index in [4.69, 9.17) is 9.84 Å². The molecule has 0 bridgehead atoms. The van der Waals surface area contributed by atoms with E-state index in [9.17, 15) is 18.4 Å². The van der Waals surface area contributed by atoms with Crippen LogP contribution in [0.15, 0.2) is 48.5 Å². The topological polar surface area (TPSA) is 76.1 Å². The van der Waals surface area contributed by atoms with Crippen molar-refractivity contribution >= 4 is 11.9 Å². The van der Waals surface area contributed by atoms with Crippen LogP contribution in [0, 0.1) is 0 Å². The Morgan fingerprint density at radius 2 is 1.85 bits per heavy atom. The number of hydrogen-bond donors (Lipinski definition) is 1. The molecule has 3 rings (SSSR count). The first kappa shape index (κ1) is 18.8. The zero-order chi connectivity index (χ0) is 19.4. The van der Waals surface area contributed by atoms with E-state index in [0.29, 0.717) is 24.3 Å². The van der Waals surface area contributed by atoms with E-state index in [0.717, 1.165) is 0 Å². The molecule has 1 unspecified atom stereocenters. The second-order valence-electron chi connectivity index (χ2n) is 5.94. The van der Waals surface area contributed by atoms with Gasteiger partial charge >= 0.3 is 12.6 Å². The number of morpholine rings is 1. The summed E-state index contributed by atoms with van der Waals surface area (Å²) in [6.07, 6.45) is -0.470. The fraction of sp³-hybridized carbons (Fsp3) is 0.263. The van der Waals surface area contributed by atoms with Gasteiger partial charge in [-0.2, -0.15) is 8.78 Å². The number of ether oxygens (including phenoxy) is 2. The summed E-state index contributed by atoms with van der Waals surface area (Å²) in [6, 6.07) is 11.9. The summed E-state index contributed by atoms with van der Waals surface area (Å²) in [4.78, 5) is 25.2. The van der Waals surface area contributed by atoms with Crippen LogP contribution < -0.4 is 4.74 Å². The second kappa shape index (κ2) is 8.13. The lowest BCUT2D eigenvalue weighted by Gasteiger charge is -2.33. The Hall–Kier alpha value is -3.00. The van der Waals surface area contributed by atoms with Crippen LogP contribution in [-0.2, 0) is 4.74 Å².